The van der Waals surface area contributed by atoms with E-state index in [1.165, 1.54) is 17.8 Å². The van der Waals surface area contributed by atoms with Crippen molar-refractivity contribution in [1.82, 2.24) is 19.1 Å². The monoisotopic (exact) mass is 247 g/mol. The molecule has 2 rings (SSSR count). The molecule has 0 aliphatic heterocycles. The lowest BCUT2D eigenvalue weighted by molar-refractivity contribution is 0.704. The Morgan fingerprint density at radius 1 is 1.39 bits per heavy atom. The molecular weight excluding hydrogens is 234 g/mol. The van der Waals surface area contributed by atoms with E-state index in [1.54, 1.807) is 13.1 Å². The number of rotatable bonds is 3. The molecule has 0 bridgehead atoms. The van der Waals surface area contributed by atoms with Crippen LogP contribution in [0.25, 0.3) is 11.2 Å². The summed E-state index contributed by atoms with van der Waals surface area (Å²) in [5.41, 5.74) is -0.447. The highest BCUT2D eigenvalue weighted by atomic mass is 16.2. The molecule has 0 saturated heterocycles. The van der Waals surface area contributed by atoms with E-state index < -0.39 is 11.2 Å². The Morgan fingerprint density at radius 2 is 2.11 bits per heavy atom. The van der Waals surface area contributed by atoms with Crippen LogP contribution in [0, 0.1) is 0 Å². The first kappa shape index (κ1) is 12.0. The highest BCUT2D eigenvalue weighted by molar-refractivity contribution is 5.70. The molecule has 2 heterocycles. The van der Waals surface area contributed by atoms with Crippen molar-refractivity contribution in [2.75, 3.05) is 11.9 Å². The molecule has 0 aromatic carbocycles. The van der Waals surface area contributed by atoms with E-state index in [4.69, 9.17) is 0 Å². The molecule has 0 unspecified atom stereocenters. The molecule has 7 nitrogen and oxygen atoms in total. The zero-order valence-electron chi connectivity index (χ0n) is 10.2. The smallest absolute Gasteiger partial charge is 0.332 e. The minimum absolute atomic E-state index is 0.161. The molecule has 0 aliphatic carbocycles. The van der Waals surface area contributed by atoms with Crippen LogP contribution in [0.3, 0.4) is 0 Å². The van der Waals surface area contributed by atoms with Crippen molar-refractivity contribution >= 4 is 17.0 Å². The topological polar surface area (TPSA) is 81.8 Å². The van der Waals surface area contributed by atoms with E-state index in [1.807, 2.05) is 0 Å². The van der Waals surface area contributed by atoms with Gasteiger partial charge in [0.25, 0.3) is 5.56 Å². The van der Waals surface area contributed by atoms with E-state index in [9.17, 15) is 9.59 Å². The number of aryl methyl sites for hydroxylation is 1. The van der Waals surface area contributed by atoms with Crippen LogP contribution < -0.4 is 16.6 Å². The van der Waals surface area contributed by atoms with Gasteiger partial charge in [0.2, 0.25) is 0 Å². The molecule has 7 heteroatoms. The van der Waals surface area contributed by atoms with Gasteiger partial charge in [-0.3, -0.25) is 13.9 Å². The minimum atomic E-state index is -0.456. The van der Waals surface area contributed by atoms with Gasteiger partial charge in [0.05, 0.1) is 6.20 Å². The third-order valence-corrected chi connectivity index (χ3v) is 2.58. The van der Waals surface area contributed by atoms with Gasteiger partial charge < -0.3 is 5.32 Å². The van der Waals surface area contributed by atoms with Crippen molar-refractivity contribution in [2.45, 2.75) is 0 Å². The Balaban J connectivity index is 2.74. The second-order valence-corrected chi connectivity index (χ2v) is 3.80. The third-order valence-electron chi connectivity index (χ3n) is 2.58. The first-order valence-electron chi connectivity index (χ1n) is 5.33. The van der Waals surface area contributed by atoms with Gasteiger partial charge in [-0.2, -0.15) is 0 Å². The minimum Gasteiger partial charge on any atom is -0.365 e. The molecule has 2 aromatic heterocycles. The predicted octanol–water partition coefficient (Wildman–Crippen LogP) is -0.375. The summed E-state index contributed by atoms with van der Waals surface area (Å²) in [4.78, 5) is 31.9. The zero-order valence-corrected chi connectivity index (χ0v) is 10.2. The summed E-state index contributed by atoms with van der Waals surface area (Å²) >= 11 is 0. The molecule has 0 spiro atoms. The van der Waals surface area contributed by atoms with Crippen molar-refractivity contribution in [2.24, 2.45) is 14.1 Å². The zero-order chi connectivity index (χ0) is 13.3. The Hall–Kier alpha value is -2.44. The number of hydrogen-bond donors (Lipinski definition) is 1. The SMILES string of the molecule is C=CCNc1cnc2c(n1)c(=O)n(C)c(=O)n2C. The molecule has 94 valence electrons. The number of hydrogen-bond acceptors (Lipinski definition) is 5. The van der Waals surface area contributed by atoms with Gasteiger partial charge in [-0.15, -0.1) is 6.58 Å². The van der Waals surface area contributed by atoms with Gasteiger partial charge in [0.1, 0.15) is 5.82 Å². The Bertz CT molecular complexity index is 729. The van der Waals surface area contributed by atoms with E-state index >= 15 is 0 Å². The fourth-order valence-electron chi connectivity index (χ4n) is 1.59. The summed E-state index contributed by atoms with van der Waals surface area (Å²) in [7, 11) is 2.96. The van der Waals surface area contributed by atoms with E-state index in [0.717, 1.165) is 4.57 Å². The van der Waals surface area contributed by atoms with Crippen LogP contribution in [0.5, 0.6) is 0 Å². The number of anilines is 1. The maximum Gasteiger partial charge on any atom is 0.332 e. The van der Waals surface area contributed by atoms with Crippen molar-refractivity contribution < 1.29 is 0 Å². The lowest BCUT2D eigenvalue weighted by atomic mass is 10.4. The molecule has 2 aromatic rings. The number of fused-ring (bicyclic) bond motifs is 1. The second kappa shape index (κ2) is 4.44. The summed E-state index contributed by atoms with van der Waals surface area (Å²) < 4.78 is 2.30. The Kier molecular flexibility index (Phi) is 2.97. The highest BCUT2D eigenvalue weighted by Gasteiger charge is 2.11. The summed E-state index contributed by atoms with van der Waals surface area (Å²) in [5, 5.41) is 2.94. The Morgan fingerprint density at radius 3 is 2.78 bits per heavy atom. The van der Waals surface area contributed by atoms with E-state index in [2.05, 4.69) is 21.9 Å². The number of aromatic nitrogens is 4. The van der Waals surface area contributed by atoms with Crippen LogP contribution >= 0.6 is 0 Å². The van der Waals surface area contributed by atoms with E-state index in [0.29, 0.717) is 12.4 Å². The molecular formula is C11H13N5O2. The number of nitrogens with zero attached hydrogens (tertiary/aromatic N) is 4. The van der Waals surface area contributed by atoms with Crippen LogP contribution in [0.4, 0.5) is 5.82 Å². The fourth-order valence-corrected chi connectivity index (χ4v) is 1.59. The van der Waals surface area contributed by atoms with E-state index in [-0.39, 0.29) is 11.2 Å². The number of nitrogens with one attached hydrogen (secondary N) is 1. The molecule has 18 heavy (non-hydrogen) atoms. The van der Waals surface area contributed by atoms with Crippen LogP contribution in [0.1, 0.15) is 0 Å². The van der Waals surface area contributed by atoms with Crippen molar-refractivity contribution in [1.29, 1.82) is 0 Å². The van der Waals surface area contributed by atoms with Gasteiger partial charge in [0.15, 0.2) is 11.2 Å². The van der Waals surface area contributed by atoms with Crippen molar-refractivity contribution in [3.05, 3.63) is 39.7 Å². The maximum atomic E-state index is 11.9. The highest BCUT2D eigenvalue weighted by Crippen LogP contribution is 2.05. The van der Waals surface area contributed by atoms with Crippen molar-refractivity contribution in [3.63, 3.8) is 0 Å². The summed E-state index contributed by atoms with van der Waals surface area (Å²) in [6.45, 7) is 4.09. The lowest BCUT2D eigenvalue weighted by Gasteiger charge is -2.07. The average Bonchev–Trinajstić information content (AvgIpc) is 2.40. The third kappa shape index (κ3) is 1.79. The predicted molar refractivity (Wildman–Crippen MR) is 68.7 cm³/mol. The van der Waals surface area contributed by atoms with Gasteiger partial charge in [-0.25, -0.2) is 14.8 Å². The Labute approximate surface area is 102 Å². The quantitative estimate of drug-likeness (QED) is 0.748. The molecule has 0 saturated carbocycles. The molecule has 1 N–H and O–H groups in total. The summed E-state index contributed by atoms with van der Waals surface area (Å²) in [6.07, 6.45) is 3.15. The van der Waals surface area contributed by atoms with Crippen LogP contribution in [-0.4, -0.2) is 25.6 Å². The van der Waals surface area contributed by atoms with Crippen molar-refractivity contribution in [3.8, 4) is 0 Å². The van der Waals surface area contributed by atoms with Gasteiger partial charge in [-0.1, -0.05) is 6.08 Å². The first-order chi connectivity index (χ1) is 8.56. The molecule has 0 fully saturated rings. The normalized spacial score (nSPS) is 10.6. The summed E-state index contributed by atoms with van der Waals surface area (Å²) in [5.74, 6) is 0.471. The van der Waals surface area contributed by atoms with Gasteiger partial charge >= 0.3 is 5.69 Å². The molecule has 0 amide bonds. The maximum absolute atomic E-state index is 11.9. The van der Waals surface area contributed by atoms with Crippen LogP contribution in [0.15, 0.2) is 28.4 Å². The van der Waals surface area contributed by atoms with Crippen LogP contribution in [0.2, 0.25) is 0 Å². The first-order valence-corrected chi connectivity index (χ1v) is 5.33. The lowest BCUT2D eigenvalue weighted by Crippen LogP contribution is -2.37. The largest absolute Gasteiger partial charge is 0.365 e. The van der Waals surface area contributed by atoms with Gasteiger partial charge in [0, 0.05) is 20.6 Å². The molecule has 0 radical (unpaired) electrons. The molecule has 0 atom stereocenters. The molecule has 0 aliphatic rings. The second-order valence-electron chi connectivity index (χ2n) is 3.80. The average molecular weight is 247 g/mol. The van der Waals surface area contributed by atoms with Crippen LogP contribution in [-0.2, 0) is 14.1 Å². The fraction of sp³-hybridized carbons (Fsp3) is 0.273. The summed E-state index contributed by atoms with van der Waals surface area (Å²) in [6, 6.07) is 0. The standard InChI is InChI=1S/C11H13N5O2/c1-4-5-12-7-6-13-9-8(14-7)10(17)16(3)11(18)15(9)2/h4,6H,1,5H2,2-3H3,(H,12,14). The van der Waals surface area contributed by atoms with Gasteiger partial charge in [-0.05, 0) is 0 Å².